The van der Waals surface area contributed by atoms with E-state index in [0.29, 0.717) is 18.5 Å². The third-order valence-corrected chi connectivity index (χ3v) is 3.65. The van der Waals surface area contributed by atoms with Gasteiger partial charge in [0, 0.05) is 12.7 Å². The van der Waals surface area contributed by atoms with E-state index in [-0.39, 0.29) is 5.91 Å². The number of carbonyl (C=O) groups excluding carboxylic acids is 1. The minimum Gasteiger partial charge on any atom is -0.480 e. The van der Waals surface area contributed by atoms with Crippen LogP contribution in [0.3, 0.4) is 0 Å². The van der Waals surface area contributed by atoms with Gasteiger partial charge in [-0.15, -0.1) is 0 Å². The highest BCUT2D eigenvalue weighted by atomic mass is 16.4. The van der Waals surface area contributed by atoms with Gasteiger partial charge in [-0.25, -0.2) is 9.48 Å². The van der Waals surface area contributed by atoms with Gasteiger partial charge >= 0.3 is 5.97 Å². The van der Waals surface area contributed by atoms with Crippen molar-refractivity contribution in [1.82, 2.24) is 14.7 Å². The SMILES string of the molecule is O=C(O)[C@@H]1CCCN1C(=O)c1cnn(-c2ccccc2)c1. The molecule has 2 heterocycles. The van der Waals surface area contributed by atoms with Gasteiger partial charge in [-0.2, -0.15) is 5.10 Å². The van der Waals surface area contributed by atoms with E-state index in [2.05, 4.69) is 5.10 Å². The van der Waals surface area contributed by atoms with Crippen molar-refractivity contribution in [3.63, 3.8) is 0 Å². The normalized spacial score (nSPS) is 17.9. The number of hydrogen-bond acceptors (Lipinski definition) is 3. The molecule has 1 saturated heterocycles. The first kappa shape index (κ1) is 13.4. The molecular weight excluding hydrogens is 270 g/mol. The Morgan fingerprint density at radius 1 is 1.24 bits per heavy atom. The Labute approximate surface area is 121 Å². The Morgan fingerprint density at radius 2 is 2.00 bits per heavy atom. The Balaban J connectivity index is 1.83. The number of para-hydroxylation sites is 1. The molecule has 1 aromatic carbocycles. The second-order valence-corrected chi connectivity index (χ2v) is 5.00. The number of aromatic nitrogens is 2. The molecule has 1 N–H and O–H groups in total. The molecule has 1 aliphatic rings. The number of nitrogens with zero attached hydrogens (tertiary/aromatic N) is 3. The maximum absolute atomic E-state index is 12.4. The van der Waals surface area contributed by atoms with E-state index in [1.807, 2.05) is 30.3 Å². The number of likely N-dealkylation sites (tertiary alicyclic amines) is 1. The number of carbonyl (C=O) groups is 2. The van der Waals surface area contributed by atoms with Gasteiger partial charge in [-0.05, 0) is 25.0 Å². The van der Waals surface area contributed by atoms with Crippen LogP contribution in [0.5, 0.6) is 0 Å². The highest BCUT2D eigenvalue weighted by Crippen LogP contribution is 2.20. The zero-order valence-electron chi connectivity index (χ0n) is 11.3. The first-order chi connectivity index (χ1) is 10.2. The number of benzene rings is 1. The Hall–Kier alpha value is -2.63. The van der Waals surface area contributed by atoms with Crippen molar-refractivity contribution in [2.24, 2.45) is 0 Å². The van der Waals surface area contributed by atoms with Crippen LogP contribution in [-0.4, -0.2) is 44.3 Å². The molecule has 21 heavy (non-hydrogen) atoms. The van der Waals surface area contributed by atoms with E-state index in [9.17, 15) is 9.59 Å². The first-order valence-electron chi connectivity index (χ1n) is 6.80. The molecule has 0 saturated carbocycles. The zero-order chi connectivity index (χ0) is 14.8. The molecule has 1 atom stereocenters. The van der Waals surface area contributed by atoms with Gasteiger partial charge in [0.25, 0.3) is 5.91 Å². The van der Waals surface area contributed by atoms with Gasteiger partial charge in [0.2, 0.25) is 0 Å². The molecule has 1 aliphatic heterocycles. The average molecular weight is 285 g/mol. The van der Waals surface area contributed by atoms with Gasteiger partial charge in [-0.3, -0.25) is 4.79 Å². The molecule has 0 spiro atoms. The third kappa shape index (κ3) is 2.52. The number of amides is 1. The fourth-order valence-corrected chi connectivity index (χ4v) is 2.59. The van der Waals surface area contributed by atoms with E-state index in [1.165, 1.54) is 11.1 Å². The van der Waals surface area contributed by atoms with Crippen molar-refractivity contribution in [2.75, 3.05) is 6.54 Å². The summed E-state index contributed by atoms with van der Waals surface area (Å²) in [6.45, 7) is 0.478. The van der Waals surface area contributed by atoms with E-state index in [1.54, 1.807) is 10.9 Å². The molecular formula is C15H15N3O3. The Bertz CT molecular complexity index is 666. The van der Waals surface area contributed by atoms with Crippen molar-refractivity contribution in [3.05, 3.63) is 48.3 Å². The maximum Gasteiger partial charge on any atom is 0.326 e. The summed E-state index contributed by atoms with van der Waals surface area (Å²) in [6, 6.07) is 8.73. The topological polar surface area (TPSA) is 75.4 Å². The number of carboxylic acids is 1. The maximum atomic E-state index is 12.4. The molecule has 6 heteroatoms. The molecule has 0 radical (unpaired) electrons. The number of aliphatic carboxylic acids is 1. The van der Waals surface area contributed by atoms with Crippen LogP contribution in [0, 0.1) is 0 Å². The van der Waals surface area contributed by atoms with Crippen molar-refractivity contribution >= 4 is 11.9 Å². The Morgan fingerprint density at radius 3 is 2.71 bits per heavy atom. The molecule has 1 fully saturated rings. The smallest absolute Gasteiger partial charge is 0.326 e. The summed E-state index contributed by atoms with van der Waals surface area (Å²) < 4.78 is 1.61. The van der Waals surface area contributed by atoms with Crippen LogP contribution in [0.2, 0.25) is 0 Å². The van der Waals surface area contributed by atoms with Crippen molar-refractivity contribution < 1.29 is 14.7 Å². The molecule has 0 aliphatic carbocycles. The highest BCUT2D eigenvalue weighted by molar-refractivity contribution is 5.96. The van der Waals surface area contributed by atoms with Crippen molar-refractivity contribution in [2.45, 2.75) is 18.9 Å². The van der Waals surface area contributed by atoms with Gasteiger partial charge in [-0.1, -0.05) is 18.2 Å². The second-order valence-electron chi connectivity index (χ2n) is 5.00. The van der Waals surface area contributed by atoms with Crippen LogP contribution in [0.15, 0.2) is 42.7 Å². The predicted molar refractivity (Wildman–Crippen MR) is 75.3 cm³/mol. The standard InChI is InChI=1S/C15H15N3O3/c19-14(17-8-4-7-13(17)15(20)21)11-9-16-18(10-11)12-5-2-1-3-6-12/h1-3,5-6,9-10,13H,4,7-8H2,(H,20,21)/t13-/m0/s1. The largest absolute Gasteiger partial charge is 0.480 e. The molecule has 2 aromatic rings. The molecule has 1 amide bonds. The number of rotatable bonds is 3. The van der Waals surface area contributed by atoms with Crippen LogP contribution < -0.4 is 0 Å². The molecule has 6 nitrogen and oxygen atoms in total. The number of carboxylic acid groups (broad SMARTS) is 1. The van der Waals surface area contributed by atoms with E-state index in [4.69, 9.17) is 5.11 Å². The summed E-state index contributed by atoms with van der Waals surface area (Å²) in [4.78, 5) is 25.0. The average Bonchev–Trinajstić information content (AvgIpc) is 3.17. The molecule has 1 aromatic heterocycles. The Kier molecular flexibility index (Phi) is 3.43. The van der Waals surface area contributed by atoms with E-state index in [0.717, 1.165) is 12.1 Å². The quantitative estimate of drug-likeness (QED) is 0.928. The summed E-state index contributed by atoms with van der Waals surface area (Å²) >= 11 is 0. The van der Waals surface area contributed by atoms with Crippen LogP contribution >= 0.6 is 0 Å². The lowest BCUT2D eigenvalue weighted by Crippen LogP contribution is -2.40. The van der Waals surface area contributed by atoms with Crippen LogP contribution in [0.4, 0.5) is 0 Å². The minimum absolute atomic E-state index is 0.276. The monoisotopic (exact) mass is 285 g/mol. The molecule has 108 valence electrons. The third-order valence-electron chi connectivity index (χ3n) is 3.65. The summed E-state index contributed by atoms with van der Waals surface area (Å²) in [5.41, 5.74) is 1.26. The molecule has 0 unspecified atom stereocenters. The van der Waals surface area contributed by atoms with Crippen molar-refractivity contribution in [3.8, 4) is 5.69 Å². The van der Waals surface area contributed by atoms with Gasteiger partial charge in [0.1, 0.15) is 6.04 Å². The van der Waals surface area contributed by atoms with Gasteiger partial charge in [0.15, 0.2) is 0 Å². The lowest BCUT2D eigenvalue weighted by Gasteiger charge is -2.20. The lowest BCUT2D eigenvalue weighted by molar-refractivity contribution is -0.141. The van der Waals surface area contributed by atoms with Crippen molar-refractivity contribution in [1.29, 1.82) is 0 Å². The minimum atomic E-state index is -0.948. The predicted octanol–water partition coefficient (Wildman–Crippen LogP) is 1.56. The van der Waals surface area contributed by atoms with Gasteiger partial charge in [0.05, 0.1) is 17.4 Å². The highest BCUT2D eigenvalue weighted by Gasteiger charge is 2.34. The summed E-state index contributed by atoms with van der Waals surface area (Å²) in [6.07, 6.45) is 4.34. The first-order valence-corrected chi connectivity index (χ1v) is 6.80. The van der Waals surface area contributed by atoms with Crippen LogP contribution in [-0.2, 0) is 4.79 Å². The van der Waals surface area contributed by atoms with Crippen LogP contribution in [0.25, 0.3) is 5.69 Å². The summed E-state index contributed by atoms with van der Waals surface area (Å²) in [5.74, 6) is -1.22. The zero-order valence-corrected chi connectivity index (χ0v) is 11.3. The fourth-order valence-electron chi connectivity index (χ4n) is 2.59. The summed E-state index contributed by atoms with van der Waals surface area (Å²) in [7, 11) is 0. The molecule has 0 bridgehead atoms. The van der Waals surface area contributed by atoms with Gasteiger partial charge < -0.3 is 10.0 Å². The van der Waals surface area contributed by atoms with Crippen LogP contribution in [0.1, 0.15) is 23.2 Å². The number of hydrogen-bond donors (Lipinski definition) is 1. The van der Waals surface area contributed by atoms with E-state index < -0.39 is 12.0 Å². The second kappa shape index (κ2) is 5.40. The fraction of sp³-hybridized carbons (Fsp3) is 0.267. The summed E-state index contributed by atoms with van der Waals surface area (Å²) in [5, 5.41) is 13.3. The van der Waals surface area contributed by atoms with E-state index >= 15 is 0 Å². The molecule has 3 rings (SSSR count). The lowest BCUT2D eigenvalue weighted by atomic mass is 10.2.